The molecule has 0 saturated carbocycles. The predicted molar refractivity (Wildman–Crippen MR) is 487 cm³/mol. The van der Waals surface area contributed by atoms with Crippen molar-refractivity contribution in [2.45, 2.75) is 179 Å². The number of carbonyl (C=O) groups excluding carboxylic acids is 6. The first-order valence-electron chi connectivity index (χ1n) is 43.8. The van der Waals surface area contributed by atoms with Crippen molar-refractivity contribution in [3.63, 3.8) is 0 Å². The second-order valence-electron chi connectivity index (χ2n) is 33.3. The fourth-order valence-electron chi connectivity index (χ4n) is 14.9. The Balaban J connectivity index is 0.000000315. The summed E-state index contributed by atoms with van der Waals surface area (Å²) in [6.07, 6.45) is -0.990. The van der Waals surface area contributed by atoms with Crippen LogP contribution in [0.15, 0.2) is 109 Å². The smallest absolute Gasteiger partial charge is 0.408 e. The second-order valence-corrected chi connectivity index (χ2v) is 33.3. The molecule has 2 atom stereocenters. The normalized spacial score (nSPS) is 14.3. The number of piperazine rings is 3. The van der Waals surface area contributed by atoms with E-state index < -0.39 is 47.5 Å². The van der Waals surface area contributed by atoms with Gasteiger partial charge >= 0.3 is 18.0 Å². The maximum atomic E-state index is 13.5. The molecule has 0 aliphatic carbocycles. The maximum Gasteiger partial charge on any atom is 0.408 e. The van der Waals surface area contributed by atoms with Crippen molar-refractivity contribution in [3.8, 4) is 85.7 Å². The van der Waals surface area contributed by atoms with Crippen LogP contribution < -0.4 is 32.3 Å². The number of aromatic nitrogens is 9. The zero-order chi connectivity index (χ0) is 94.3. The van der Waals surface area contributed by atoms with Crippen LogP contribution >= 0.6 is 0 Å². The highest BCUT2D eigenvalue weighted by Crippen LogP contribution is 2.42. The highest BCUT2D eigenvalue weighted by atomic mass is 16.6. The number of nitrogens with one attached hydrogen (secondary N) is 5. The number of alkyl carbamates (subject to hydrolysis) is 1. The summed E-state index contributed by atoms with van der Waals surface area (Å²) < 4.78 is 15.5. The van der Waals surface area contributed by atoms with Crippen molar-refractivity contribution in [2.75, 3.05) is 98.2 Å². The van der Waals surface area contributed by atoms with E-state index in [0.29, 0.717) is 141 Å². The molecule has 37 nitrogen and oxygen atoms in total. The molecule has 6 aromatic carbocycles. The van der Waals surface area contributed by atoms with E-state index >= 15 is 0 Å². The third-order valence-electron chi connectivity index (χ3n) is 21.7. The number of carboxylic acid groups (broad SMARTS) is 2. The molecule has 129 heavy (non-hydrogen) atoms. The molecule has 6 amide bonds. The minimum absolute atomic E-state index is 0. The third-order valence-corrected chi connectivity index (χ3v) is 21.7. The van der Waals surface area contributed by atoms with Crippen LogP contribution in [-0.4, -0.2) is 273 Å². The summed E-state index contributed by atoms with van der Waals surface area (Å²) in [4.78, 5) is 109. The number of hydrogen-bond donors (Lipinski definition) is 14. The molecule has 3 fully saturated rings. The summed E-state index contributed by atoms with van der Waals surface area (Å²) >= 11 is 0. The Labute approximate surface area is 753 Å². The quantitative estimate of drug-likeness (QED) is 0.0199. The number of aromatic hydroxyl groups is 6. The number of ether oxygens (including phenoxy) is 1. The van der Waals surface area contributed by atoms with E-state index in [1.165, 1.54) is 31.2 Å². The SMILES string of the molecule is C.CC(C)(C)OC(=O)N[C@@H](CCC(=O)O)C(=O)O.CCNC(=O)c1nnc(-c2cc(C(C)C)c(O)cc2O)n1-c1ccc(CN2CCN(C(=O)CC[C@H](N)C(=O)N3CCN(Cc4ccc(-n5c(C(=O)NCC)nnc5-c5cc(C(C)C)c(O)cc5O)cc4)CC3)CC2)cc1.CCNC(=O)c1nnc(-c2cc(C(C)C)c(O)cc2O)n1-c1ccc(CN2CCNCC2)cc1.[3H]C. The molecule has 0 bridgehead atoms. The van der Waals surface area contributed by atoms with E-state index in [-0.39, 0.29) is 132 Å². The first-order valence-corrected chi connectivity index (χ1v) is 42.8. The minimum atomic E-state index is -1.29. The van der Waals surface area contributed by atoms with Crippen LogP contribution in [0.3, 0.4) is 0 Å². The lowest BCUT2D eigenvalue weighted by Gasteiger charge is -2.36. The molecule has 6 heterocycles. The summed E-state index contributed by atoms with van der Waals surface area (Å²) in [6.45, 7) is 34.0. The number of hydrogen-bond acceptors (Lipinski definition) is 26. The van der Waals surface area contributed by atoms with Gasteiger partial charge in [0.05, 0.1) is 22.7 Å². The lowest BCUT2D eigenvalue weighted by Crippen LogP contribution is -2.53. The van der Waals surface area contributed by atoms with Crippen LogP contribution in [0.1, 0.15) is 208 Å². The van der Waals surface area contributed by atoms with E-state index in [1.807, 2.05) is 140 Å². The number of nitrogens with zero attached hydrogens (tertiary/aromatic N) is 14. The number of carbonyl (C=O) groups is 8. The van der Waals surface area contributed by atoms with Crippen LogP contribution in [0.2, 0.25) is 0 Å². The van der Waals surface area contributed by atoms with Crippen molar-refractivity contribution < 1.29 is 85.3 Å². The number of amides is 6. The first-order chi connectivity index (χ1) is 61.4. The van der Waals surface area contributed by atoms with Gasteiger partial charge in [0.15, 0.2) is 17.5 Å². The molecule has 37 heteroatoms. The van der Waals surface area contributed by atoms with Gasteiger partial charge in [0.25, 0.3) is 17.7 Å². The second kappa shape index (κ2) is 46.1. The molecule has 9 aromatic rings. The molecule has 12 rings (SSSR count). The Morgan fingerprint density at radius 2 is 0.783 bits per heavy atom. The van der Waals surface area contributed by atoms with Gasteiger partial charge in [-0.05, 0) is 160 Å². The average molecular weight is 1790 g/mol. The number of phenolic OH excluding ortho intramolecular Hbond substituents is 6. The van der Waals surface area contributed by atoms with Crippen molar-refractivity contribution in [3.05, 3.63) is 160 Å². The van der Waals surface area contributed by atoms with Crippen molar-refractivity contribution in [2.24, 2.45) is 5.73 Å². The van der Waals surface area contributed by atoms with Crippen LogP contribution in [-0.2, 0) is 43.5 Å². The molecule has 3 aromatic heterocycles. The van der Waals surface area contributed by atoms with Crippen molar-refractivity contribution >= 4 is 47.6 Å². The Morgan fingerprint density at radius 1 is 0.457 bits per heavy atom. The summed E-state index contributed by atoms with van der Waals surface area (Å²) in [5, 5.41) is 120. The standard InChI is InChI=1S/C55H69N13O8.C25H32N6O3.C10H17NO6.2CH4/c1-7-57-53(74)51-61-59-49(41-27-39(33(3)4)44(69)29-46(41)71)67(51)37-13-9-35(10-14-37)31-63-19-23-65(24-20-63)48(73)18-17-43(56)55(76)66-25-21-64(22-26-66)32-36-11-15-38(16-12-36)68-50(60-62-52(68)54(75)58-8-2)42-28-40(34(5)6)45(70)30-47(42)72;1-4-27-25(34)24-29-28-23(20-13-19(16(2)3)21(32)14-22(20)33)31(24)18-7-5-17(6-8-18)15-30-11-9-26-10-12-30;1-10(2,3)17-9(16)11-6(8(14)15)4-5-7(12)13;;/h9-16,27-30,33-34,43,69-72H,7-8,17-26,31-32,56H2,1-6H3,(H,57,74)(H,58,75);5-8,13-14,16,26,32-33H,4,9-12,15H2,1-3H3,(H,27,34);6H,4-5H2,1-3H3,(H,11,16)(H,12,13)(H,14,15);2*1H4/t43-;;6-;;/m0.0../s1/i;;;1T;. The van der Waals surface area contributed by atoms with E-state index in [1.54, 1.807) is 57.6 Å². The van der Waals surface area contributed by atoms with Gasteiger partial charge in [-0.3, -0.25) is 57.2 Å². The zero-order valence-corrected chi connectivity index (χ0v) is 74.9. The summed E-state index contributed by atoms with van der Waals surface area (Å²) in [7, 11) is 1.25. The Bertz CT molecular complexity index is 5340. The molecule has 0 spiro atoms. The molecular weight excluding hydrogens is 1660 g/mol. The van der Waals surface area contributed by atoms with E-state index in [4.69, 9.17) is 22.1 Å². The molecule has 3 aliphatic rings. The van der Waals surface area contributed by atoms with Gasteiger partial charge in [-0.1, -0.05) is 92.8 Å². The van der Waals surface area contributed by atoms with Crippen LogP contribution in [0, 0.1) is 0 Å². The minimum Gasteiger partial charge on any atom is -0.508 e. The number of benzene rings is 6. The number of aliphatic carboxylic acids is 2. The van der Waals surface area contributed by atoms with Crippen LogP contribution in [0.25, 0.3) is 51.2 Å². The Kier molecular flexibility index (Phi) is 35.6. The van der Waals surface area contributed by atoms with Gasteiger partial charge in [-0.25, -0.2) is 9.59 Å². The van der Waals surface area contributed by atoms with Gasteiger partial charge in [-0.2, -0.15) is 0 Å². The van der Waals surface area contributed by atoms with Gasteiger partial charge in [-0.15, -0.1) is 30.6 Å². The van der Waals surface area contributed by atoms with Crippen LogP contribution in [0.4, 0.5) is 4.79 Å². The first kappa shape index (κ1) is 99.7. The average Bonchev–Trinajstić information content (AvgIpc) is 1.32. The molecule has 0 radical (unpaired) electrons. The Hall–Kier alpha value is -13.1. The summed E-state index contributed by atoms with van der Waals surface area (Å²) in [5.41, 5.74) is 13.8. The van der Waals surface area contributed by atoms with Gasteiger partial charge in [0, 0.05) is 167 Å². The lowest BCUT2D eigenvalue weighted by atomic mass is 9.98. The zero-order valence-electron chi connectivity index (χ0n) is 75.9. The molecular formula is C92H126N20O17. The highest BCUT2D eigenvalue weighted by molar-refractivity contribution is 5.94. The summed E-state index contributed by atoms with van der Waals surface area (Å²) in [6, 6.07) is 30.1. The van der Waals surface area contributed by atoms with Gasteiger partial charge in [0.2, 0.25) is 29.3 Å². The molecule has 0 unspecified atom stereocenters. The largest absolute Gasteiger partial charge is 0.508 e. The third kappa shape index (κ3) is 26.3. The number of carboxylic acids is 2. The highest BCUT2D eigenvalue weighted by Gasteiger charge is 2.33. The topological polar surface area (TPSA) is 502 Å². The fraction of sp³-hybridized carbons (Fsp3) is 0.457. The lowest BCUT2D eigenvalue weighted by molar-refractivity contribution is -0.141. The molecule has 696 valence electrons. The number of phenols is 6. The van der Waals surface area contributed by atoms with E-state index in [0.717, 1.165) is 43.9 Å². The van der Waals surface area contributed by atoms with Crippen LogP contribution in [0.5, 0.6) is 34.5 Å². The number of rotatable bonds is 30. The molecule has 3 saturated heterocycles. The number of nitrogens with two attached hydrogens (primary N) is 1. The van der Waals surface area contributed by atoms with Gasteiger partial charge < -0.3 is 87.7 Å². The van der Waals surface area contributed by atoms with Crippen molar-refractivity contribution in [1.29, 1.82) is 0 Å². The molecule has 15 N–H and O–H groups in total. The van der Waals surface area contributed by atoms with Gasteiger partial charge in [0.1, 0.15) is 46.1 Å². The van der Waals surface area contributed by atoms with Crippen molar-refractivity contribution in [1.82, 2.24) is 95.4 Å². The van der Waals surface area contributed by atoms with E-state index in [2.05, 4.69) is 71.9 Å². The molecule has 3 aliphatic heterocycles. The fourth-order valence-corrected chi connectivity index (χ4v) is 14.9. The summed E-state index contributed by atoms with van der Waals surface area (Å²) in [5.74, 6) is -3.36. The predicted octanol–water partition coefficient (Wildman–Crippen LogP) is 9.57. The monoisotopic (exact) mass is 1780 g/mol. The Morgan fingerprint density at radius 3 is 1.09 bits per heavy atom. The van der Waals surface area contributed by atoms with E-state index in [9.17, 15) is 69.0 Å². The maximum absolute atomic E-state index is 13.5.